The van der Waals surface area contributed by atoms with E-state index >= 15 is 0 Å². The Morgan fingerprint density at radius 3 is 2.12 bits per heavy atom. The number of anilines is 1. The molecule has 2 amide bonds. The summed E-state index contributed by atoms with van der Waals surface area (Å²) in [6, 6.07) is 18.3. The van der Waals surface area contributed by atoms with E-state index < -0.39 is 0 Å². The minimum atomic E-state index is -0.265. The Morgan fingerprint density at radius 1 is 0.923 bits per heavy atom. The Bertz CT molecular complexity index is 963. The second-order valence-corrected chi connectivity index (χ2v) is 6.13. The summed E-state index contributed by atoms with van der Waals surface area (Å²) in [4.78, 5) is 26.1. The van der Waals surface area contributed by atoms with Crippen molar-refractivity contribution in [1.29, 1.82) is 0 Å². The molecule has 5 heteroatoms. The average molecular weight is 348 g/mol. The minimum absolute atomic E-state index is 0.0842. The van der Waals surface area contributed by atoms with E-state index in [9.17, 15) is 9.59 Å². The first-order valence-corrected chi connectivity index (χ1v) is 8.19. The quantitative estimate of drug-likeness (QED) is 0.780. The monoisotopic (exact) mass is 348 g/mol. The van der Waals surface area contributed by atoms with E-state index in [-0.39, 0.29) is 11.8 Å². The molecule has 5 nitrogen and oxygen atoms in total. The van der Waals surface area contributed by atoms with E-state index in [2.05, 4.69) is 5.32 Å². The van der Waals surface area contributed by atoms with Crippen molar-refractivity contribution in [3.05, 3.63) is 71.8 Å². The normalized spacial score (nSPS) is 10.4. The number of carbonyl (C=O) groups excluding carboxylic acids is 2. The van der Waals surface area contributed by atoms with Crippen molar-refractivity contribution in [3.63, 3.8) is 0 Å². The van der Waals surface area contributed by atoms with Crippen LogP contribution in [0.15, 0.2) is 60.7 Å². The molecule has 132 valence electrons. The predicted molar refractivity (Wildman–Crippen MR) is 103 cm³/mol. The van der Waals surface area contributed by atoms with Crippen molar-refractivity contribution in [1.82, 2.24) is 4.90 Å². The molecule has 0 atom stereocenters. The molecule has 3 aromatic rings. The van der Waals surface area contributed by atoms with Crippen LogP contribution >= 0.6 is 0 Å². The molecular formula is C21H20N2O3. The lowest BCUT2D eigenvalue weighted by Gasteiger charge is -2.12. The minimum Gasteiger partial charge on any atom is -0.496 e. The number of hydrogen-bond acceptors (Lipinski definition) is 3. The summed E-state index contributed by atoms with van der Waals surface area (Å²) in [7, 11) is 4.94. The van der Waals surface area contributed by atoms with Gasteiger partial charge < -0.3 is 15.0 Å². The highest BCUT2D eigenvalue weighted by Crippen LogP contribution is 2.26. The fraction of sp³-hybridized carbons (Fsp3) is 0.143. The number of benzene rings is 3. The standard InChI is InChI=1S/C21H20N2O3/c1-23(2)21(25)14-8-10-17(11-9-14)22-20(24)18-12-15-6-4-5-7-16(15)13-19(18)26-3/h4-13H,1-3H3,(H,22,24). The molecule has 0 radical (unpaired) electrons. The molecule has 3 rings (SSSR count). The van der Waals surface area contributed by atoms with E-state index in [0.717, 1.165) is 10.8 Å². The zero-order valence-electron chi connectivity index (χ0n) is 14.9. The zero-order chi connectivity index (χ0) is 18.7. The zero-order valence-corrected chi connectivity index (χ0v) is 14.9. The summed E-state index contributed by atoms with van der Waals surface area (Å²) in [5, 5.41) is 4.82. The highest BCUT2D eigenvalue weighted by molar-refractivity contribution is 6.09. The SMILES string of the molecule is COc1cc2ccccc2cc1C(=O)Nc1ccc(C(=O)N(C)C)cc1. The van der Waals surface area contributed by atoms with Gasteiger partial charge in [0.2, 0.25) is 0 Å². The molecule has 0 unspecified atom stereocenters. The van der Waals surface area contributed by atoms with Gasteiger partial charge >= 0.3 is 0 Å². The van der Waals surface area contributed by atoms with E-state index in [1.807, 2.05) is 36.4 Å². The van der Waals surface area contributed by atoms with Crippen molar-refractivity contribution in [2.24, 2.45) is 0 Å². The molecule has 1 N–H and O–H groups in total. The molecule has 0 spiro atoms. The first kappa shape index (κ1) is 17.5. The van der Waals surface area contributed by atoms with Crippen LogP contribution in [0.3, 0.4) is 0 Å². The van der Waals surface area contributed by atoms with Crippen LogP contribution in [0.1, 0.15) is 20.7 Å². The molecular weight excluding hydrogens is 328 g/mol. The topological polar surface area (TPSA) is 58.6 Å². The summed E-state index contributed by atoms with van der Waals surface area (Å²) in [5.74, 6) is 0.166. The molecule has 0 aliphatic heterocycles. The molecule has 0 saturated heterocycles. The largest absolute Gasteiger partial charge is 0.496 e. The van der Waals surface area contributed by atoms with Crippen molar-refractivity contribution in [2.45, 2.75) is 0 Å². The first-order chi connectivity index (χ1) is 12.5. The summed E-state index contributed by atoms with van der Waals surface area (Å²) >= 11 is 0. The molecule has 0 bridgehead atoms. The van der Waals surface area contributed by atoms with E-state index in [0.29, 0.717) is 22.6 Å². The fourth-order valence-electron chi connectivity index (χ4n) is 2.72. The van der Waals surface area contributed by atoms with Crippen LogP contribution in [0.4, 0.5) is 5.69 Å². The van der Waals surface area contributed by atoms with Gasteiger partial charge in [0.15, 0.2) is 0 Å². The van der Waals surface area contributed by atoms with Crippen molar-refractivity contribution < 1.29 is 14.3 Å². The summed E-state index contributed by atoms with van der Waals surface area (Å²) < 4.78 is 5.38. The number of methoxy groups -OCH3 is 1. The van der Waals surface area contributed by atoms with Gasteiger partial charge in [0.25, 0.3) is 11.8 Å². The number of rotatable bonds is 4. The second kappa shape index (κ2) is 7.27. The van der Waals surface area contributed by atoms with Gasteiger partial charge in [-0.05, 0) is 47.2 Å². The fourth-order valence-corrected chi connectivity index (χ4v) is 2.72. The lowest BCUT2D eigenvalue weighted by molar-refractivity contribution is 0.0827. The van der Waals surface area contributed by atoms with E-state index in [4.69, 9.17) is 4.74 Å². The number of amides is 2. The molecule has 0 aliphatic carbocycles. The maximum atomic E-state index is 12.7. The highest BCUT2D eigenvalue weighted by atomic mass is 16.5. The Hall–Kier alpha value is -3.34. The molecule has 0 heterocycles. The van der Waals surface area contributed by atoms with E-state index in [1.165, 1.54) is 4.90 Å². The molecule has 0 saturated carbocycles. The van der Waals surface area contributed by atoms with Crippen LogP contribution in [0, 0.1) is 0 Å². The maximum absolute atomic E-state index is 12.7. The van der Waals surface area contributed by atoms with E-state index in [1.54, 1.807) is 45.5 Å². The third-order valence-corrected chi connectivity index (χ3v) is 4.11. The number of hydrogen-bond donors (Lipinski definition) is 1. The Labute approximate surface area is 152 Å². The number of fused-ring (bicyclic) bond motifs is 1. The van der Waals surface area contributed by atoms with Crippen LogP contribution in [0.5, 0.6) is 5.75 Å². The van der Waals surface area contributed by atoms with Gasteiger partial charge in [-0.2, -0.15) is 0 Å². The maximum Gasteiger partial charge on any atom is 0.259 e. The Morgan fingerprint density at radius 2 is 1.54 bits per heavy atom. The third-order valence-electron chi connectivity index (χ3n) is 4.11. The predicted octanol–water partition coefficient (Wildman–Crippen LogP) is 3.80. The van der Waals surface area contributed by atoms with Crippen molar-refractivity contribution in [2.75, 3.05) is 26.5 Å². The van der Waals surface area contributed by atoms with Crippen LogP contribution < -0.4 is 10.1 Å². The summed E-state index contributed by atoms with van der Waals surface area (Å²) in [5.41, 5.74) is 1.64. The van der Waals surface area contributed by atoms with Crippen LogP contribution in [-0.2, 0) is 0 Å². The highest BCUT2D eigenvalue weighted by Gasteiger charge is 2.14. The molecule has 0 fully saturated rings. The van der Waals surface area contributed by atoms with Crippen LogP contribution in [-0.4, -0.2) is 37.9 Å². The first-order valence-electron chi connectivity index (χ1n) is 8.19. The average Bonchev–Trinajstić information content (AvgIpc) is 2.66. The Kier molecular flexibility index (Phi) is 4.89. The molecule has 3 aromatic carbocycles. The second-order valence-electron chi connectivity index (χ2n) is 6.13. The number of nitrogens with one attached hydrogen (secondary N) is 1. The van der Waals surface area contributed by atoms with Crippen molar-refractivity contribution >= 4 is 28.3 Å². The number of nitrogens with zero attached hydrogens (tertiary/aromatic N) is 1. The third kappa shape index (κ3) is 3.52. The van der Waals surface area contributed by atoms with Crippen molar-refractivity contribution in [3.8, 4) is 5.75 Å². The smallest absolute Gasteiger partial charge is 0.259 e. The Balaban J connectivity index is 1.86. The van der Waals surface area contributed by atoms with Crippen LogP contribution in [0.2, 0.25) is 0 Å². The molecule has 0 aromatic heterocycles. The van der Waals surface area contributed by atoms with Gasteiger partial charge in [0.05, 0.1) is 12.7 Å². The van der Waals surface area contributed by atoms with Crippen LogP contribution in [0.25, 0.3) is 10.8 Å². The summed E-state index contributed by atoms with van der Waals surface area (Å²) in [6.45, 7) is 0. The molecule has 0 aliphatic rings. The number of carbonyl (C=O) groups is 2. The van der Waals surface area contributed by atoms with Gasteiger partial charge in [0, 0.05) is 25.3 Å². The number of ether oxygens (including phenoxy) is 1. The van der Waals surface area contributed by atoms with Gasteiger partial charge in [-0.3, -0.25) is 9.59 Å². The van der Waals surface area contributed by atoms with Gasteiger partial charge in [-0.15, -0.1) is 0 Å². The lowest BCUT2D eigenvalue weighted by Crippen LogP contribution is -2.21. The van der Waals surface area contributed by atoms with Gasteiger partial charge in [0.1, 0.15) is 5.75 Å². The summed E-state index contributed by atoms with van der Waals surface area (Å²) in [6.07, 6.45) is 0. The molecule has 26 heavy (non-hydrogen) atoms. The van der Waals surface area contributed by atoms with Gasteiger partial charge in [-0.1, -0.05) is 24.3 Å². The lowest BCUT2D eigenvalue weighted by atomic mass is 10.1. The van der Waals surface area contributed by atoms with Gasteiger partial charge in [-0.25, -0.2) is 0 Å².